The number of halogens is 1. The molecule has 0 saturated carbocycles. The second-order valence-corrected chi connectivity index (χ2v) is 6.23. The fourth-order valence-corrected chi connectivity index (χ4v) is 3.04. The van der Waals surface area contributed by atoms with Crippen molar-refractivity contribution < 1.29 is 18.7 Å². The molecule has 7 heteroatoms. The average Bonchev–Trinajstić information content (AvgIpc) is 3.09. The average molecular weight is 367 g/mol. The molecule has 2 aromatic heterocycles. The predicted molar refractivity (Wildman–Crippen MR) is 97.3 cm³/mol. The number of pyridine rings is 2. The summed E-state index contributed by atoms with van der Waals surface area (Å²) in [6.07, 6.45) is 5.71. The molecule has 4 rings (SSSR count). The molecule has 1 aliphatic rings. The summed E-state index contributed by atoms with van der Waals surface area (Å²) >= 11 is 0. The Bertz CT molecular complexity index is 962. The molecular weight excluding hydrogens is 349 g/mol. The van der Waals surface area contributed by atoms with E-state index >= 15 is 0 Å². The zero-order valence-corrected chi connectivity index (χ0v) is 14.6. The van der Waals surface area contributed by atoms with E-state index in [0.717, 1.165) is 19.2 Å². The molecule has 138 valence electrons. The van der Waals surface area contributed by atoms with Gasteiger partial charge in [-0.05, 0) is 36.8 Å². The Labute approximate surface area is 155 Å². The summed E-state index contributed by atoms with van der Waals surface area (Å²) < 4.78 is 25.3. The lowest BCUT2D eigenvalue weighted by Crippen LogP contribution is -2.29. The third kappa shape index (κ3) is 3.81. The van der Waals surface area contributed by atoms with Crippen LogP contribution >= 0.6 is 0 Å². The van der Waals surface area contributed by atoms with E-state index in [-0.39, 0.29) is 11.4 Å². The number of benzene rings is 1. The minimum atomic E-state index is -0.488. The number of hydrogen-bond donors (Lipinski definition) is 0. The Hall–Kier alpha value is -3.22. The first-order valence-corrected chi connectivity index (χ1v) is 8.77. The van der Waals surface area contributed by atoms with Crippen molar-refractivity contribution in [3.05, 3.63) is 54.7 Å². The molecule has 1 saturated heterocycles. The van der Waals surface area contributed by atoms with E-state index in [1.807, 2.05) is 4.90 Å². The van der Waals surface area contributed by atoms with E-state index in [1.54, 1.807) is 30.3 Å². The largest absolute Gasteiger partial charge is 0.492 e. The lowest BCUT2D eigenvalue weighted by Gasteiger charge is -2.16. The maximum Gasteiger partial charge on any atom is 0.222 e. The lowest BCUT2D eigenvalue weighted by molar-refractivity contribution is -0.128. The number of carbonyl (C=O) groups is 1. The van der Waals surface area contributed by atoms with Crippen molar-refractivity contribution in [1.29, 1.82) is 0 Å². The van der Waals surface area contributed by atoms with E-state index in [9.17, 15) is 9.18 Å². The van der Waals surface area contributed by atoms with E-state index in [0.29, 0.717) is 42.2 Å². The van der Waals surface area contributed by atoms with Gasteiger partial charge in [0.25, 0.3) is 0 Å². The zero-order chi connectivity index (χ0) is 18.6. The van der Waals surface area contributed by atoms with Gasteiger partial charge in [-0.25, -0.2) is 4.39 Å². The van der Waals surface area contributed by atoms with Gasteiger partial charge in [-0.15, -0.1) is 0 Å². The SMILES string of the molecule is O=C1CCCN1CCOc1ccc(Oc2ccnc3c(F)cncc23)cc1. The molecule has 6 nitrogen and oxygen atoms in total. The summed E-state index contributed by atoms with van der Waals surface area (Å²) in [6.45, 7) is 1.86. The van der Waals surface area contributed by atoms with Crippen LogP contribution in [0.4, 0.5) is 4.39 Å². The number of hydrogen-bond acceptors (Lipinski definition) is 5. The van der Waals surface area contributed by atoms with Crippen molar-refractivity contribution in [3.63, 3.8) is 0 Å². The van der Waals surface area contributed by atoms with Gasteiger partial charge >= 0.3 is 0 Å². The minimum absolute atomic E-state index is 0.192. The fourth-order valence-electron chi connectivity index (χ4n) is 3.04. The number of aromatic nitrogens is 2. The van der Waals surface area contributed by atoms with Gasteiger partial charge in [-0.2, -0.15) is 0 Å². The first-order valence-electron chi connectivity index (χ1n) is 8.77. The molecular formula is C20H18FN3O3. The highest BCUT2D eigenvalue weighted by molar-refractivity contribution is 5.84. The highest BCUT2D eigenvalue weighted by atomic mass is 19.1. The van der Waals surface area contributed by atoms with Gasteiger partial charge in [-0.3, -0.25) is 14.8 Å². The zero-order valence-electron chi connectivity index (χ0n) is 14.6. The topological polar surface area (TPSA) is 64.6 Å². The highest BCUT2D eigenvalue weighted by Crippen LogP contribution is 2.30. The van der Waals surface area contributed by atoms with E-state index < -0.39 is 5.82 Å². The molecule has 0 N–H and O–H groups in total. The smallest absolute Gasteiger partial charge is 0.222 e. The number of ether oxygens (including phenoxy) is 2. The number of likely N-dealkylation sites (tertiary alicyclic amines) is 1. The van der Waals surface area contributed by atoms with Crippen molar-refractivity contribution in [2.75, 3.05) is 19.7 Å². The first-order chi connectivity index (χ1) is 13.2. The summed E-state index contributed by atoms with van der Waals surface area (Å²) in [5.74, 6) is 1.47. The van der Waals surface area contributed by atoms with Crippen LogP contribution in [-0.4, -0.2) is 40.5 Å². The third-order valence-corrected chi connectivity index (χ3v) is 4.42. The van der Waals surface area contributed by atoms with Gasteiger partial charge in [0.15, 0.2) is 5.82 Å². The maximum absolute atomic E-state index is 13.8. The summed E-state index contributed by atoms with van der Waals surface area (Å²) in [7, 11) is 0. The summed E-state index contributed by atoms with van der Waals surface area (Å²) in [4.78, 5) is 21.3. The van der Waals surface area contributed by atoms with Crippen LogP contribution in [0, 0.1) is 5.82 Å². The molecule has 0 radical (unpaired) electrons. The van der Waals surface area contributed by atoms with Gasteiger partial charge in [0, 0.05) is 25.4 Å². The molecule has 27 heavy (non-hydrogen) atoms. The van der Waals surface area contributed by atoms with Crippen molar-refractivity contribution >= 4 is 16.8 Å². The number of rotatable bonds is 6. The van der Waals surface area contributed by atoms with E-state index in [4.69, 9.17) is 9.47 Å². The number of amides is 1. The van der Waals surface area contributed by atoms with Crippen LogP contribution in [-0.2, 0) is 4.79 Å². The Morgan fingerprint density at radius 2 is 1.93 bits per heavy atom. The molecule has 0 unspecified atom stereocenters. The van der Waals surface area contributed by atoms with Crippen molar-refractivity contribution in [1.82, 2.24) is 14.9 Å². The molecule has 3 aromatic rings. The second kappa shape index (κ2) is 7.57. The third-order valence-electron chi connectivity index (χ3n) is 4.42. The fraction of sp³-hybridized carbons (Fsp3) is 0.250. The Kier molecular flexibility index (Phi) is 4.82. The van der Waals surface area contributed by atoms with Crippen molar-refractivity contribution in [3.8, 4) is 17.2 Å². The highest BCUT2D eigenvalue weighted by Gasteiger charge is 2.19. The molecule has 3 heterocycles. The van der Waals surface area contributed by atoms with Gasteiger partial charge < -0.3 is 14.4 Å². The predicted octanol–water partition coefficient (Wildman–Crippen LogP) is 3.56. The summed E-state index contributed by atoms with van der Waals surface area (Å²) in [6, 6.07) is 8.80. The summed E-state index contributed by atoms with van der Waals surface area (Å²) in [5, 5.41) is 0.508. The molecule has 1 amide bonds. The second-order valence-electron chi connectivity index (χ2n) is 6.23. The van der Waals surface area contributed by atoms with Crippen LogP contribution in [0.2, 0.25) is 0 Å². The standard InChI is InChI=1S/C20H18FN3O3/c21-17-13-22-12-16-18(7-8-23-20(16)17)27-15-5-3-14(4-6-15)26-11-10-24-9-1-2-19(24)25/h3-8,12-13H,1-2,9-11H2. The molecule has 0 bridgehead atoms. The quantitative estimate of drug-likeness (QED) is 0.666. The minimum Gasteiger partial charge on any atom is -0.492 e. The maximum atomic E-state index is 13.8. The van der Waals surface area contributed by atoms with Gasteiger partial charge in [-0.1, -0.05) is 0 Å². The Morgan fingerprint density at radius 1 is 1.11 bits per heavy atom. The van der Waals surface area contributed by atoms with Crippen molar-refractivity contribution in [2.24, 2.45) is 0 Å². The Balaban J connectivity index is 1.39. The van der Waals surface area contributed by atoms with Crippen LogP contribution in [0.25, 0.3) is 10.9 Å². The van der Waals surface area contributed by atoms with Crippen LogP contribution in [0.5, 0.6) is 17.2 Å². The lowest BCUT2D eigenvalue weighted by atomic mass is 10.2. The van der Waals surface area contributed by atoms with Crippen LogP contribution in [0.1, 0.15) is 12.8 Å². The molecule has 0 spiro atoms. The Morgan fingerprint density at radius 3 is 2.70 bits per heavy atom. The van der Waals surface area contributed by atoms with E-state index in [2.05, 4.69) is 9.97 Å². The monoisotopic (exact) mass is 367 g/mol. The number of carbonyl (C=O) groups excluding carboxylic acids is 1. The van der Waals surface area contributed by atoms with Crippen molar-refractivity contribution in [2.45, 2.75) is 12.8 Å². The summed E-state index contributed by atoms with van der Waals surface area (Å²) in [5.41, 5.74) is 0.221. The van der Waals surface area contributed by atoms with E-state index in [1.165, 1.54) is 12.4 Å². The first kappa shape index (κ1) is 17.2. The number of fused-ring (bicyclic) bond motifs is 1. The molecule has 1 aromatic carbocycles. The molecule has 0 atom stereocenters. The van der Waals surface area contributed by atoms with Gasteiger partial charge in [0.05, 0.1) is 18.1 Å². The normalized spacial score (nSPS) is 14.0. The van der Waals surface area contributed by atoms with Gasteiger partial charge in [0.1, 0.15) is 29.4 Å². The van der Waals surface area contributed by atoms with Crippen LogP contribution in [0.15, 0.2) is 48.9 Å². The van der Waals surface area contributed by atoms with Gasteiger partial charge in [0.2, 0.25) is 5.91 Å². The molecule has 0 aliphatic carbocycles. The van der Waals surface area contributed by atoms with Crippen LogP contribution in [0.3, 0.4) is 0 Å². The number of nitrogens with zero attached hydrogens (tertiary/aromatic N) is 3. The molecule has 1 aliphatic heterocycles. The van der Waals surface area contributed by atoms with Crippen LogP contribution < -0.4 is 9.47 Å². The molecule has 1 fully saturated rings.